The van der Waals surface area contributed by atoms with Gasteiger partial charge < -0.3 is 15.4 Å². The van der Waals surface area contributed by atoms with Crippen LogP contribution in [0.15, 0.2) is 78.4 Å². The lowest BCUT2D eigenvalue weighted by Crippen LogP contribution is -2.21. The summed E-state index contributed by atoms with van der Waals surface area (Å²) >= 11 is 0. The number of nitrogens with one attached hydrogen (secondary N) is 2. The highest BCUT2D eigenvalue weighted by Gasteiger charge is 2.18. The van der Waals surface area contributed by atoms with Crippen molar-refractivity contribution >= 4 is 28.8 Å². The minimum Gasteiger partial charge on any atom is -0.494 e. The standard InChI is InChI=1S/C27H25N9O3/c1-4-22(37)19-15-29-24(32-23-10-12-36(27(38)33-23)17-7-6-11-28-14-17)13-21(19)31-20-9-5-8-18(25(20)39-3)26-30-16-35(2)34-26/h5-16H,4H2,1-3H3,(H2,29,31,32,33,38). The first-order valence-corrected chi connectivity index (χ1v) is 12.1. The molecule has 0 aliphatic carbocycles. The van der Waals surface area contributed by atoms with Gasteiger partial charge in [-0.3, -0.25) is 19.0 Å². The van der Waals surface area contributed by atoms with Crippen molar-refractivity contribution < 1.29 is 9.53 Å². The van der Waals surface area contributed by atoms with Crippen molar-refractivity contribution in [3.05, 3.63) is 89.6 Å². The molecule has 39 heavy (non-hydrogen) atoms. The second kappa shape index (κ2) is 10.9. The molecule has 0 aliphatic rings. The Morgan fingerprint density at radius 1 is 1.03 bits per heavy atom. The topological polar surface area (TPSA) is 142 Å². The predicted octanol–water partition coefficient (Wildman–Crippen LogP) is 3.91. The maximum atomic E-state index is 12.7. The van der Waals surface area contributed by atoms with E-state index in [1.165, 1.54) is 10.8 Å². The molecule has 2 N–H and O–H groups in total. The van der Waals surface area contributed by atoms with Gasteiger partial charge in [-0.25, -0.2) is 14.8 Å². The number of benzene rings is 1. The summed E-state index contributed by atoms with van der Waals surface area (Å²) in [5, 5.41) is 10.7. The van der Waals surface area contributed by atoms with Gasteiger partial charge in [0.15, 0.2) is 17.4 Å². The lowest BCUT2D eigenvalue weighted by Gasteiger charge is -2.17. The number of carbonyl (C=O) groups excluding carboxylic acids is 1. The van der Waals surface area contributed by atoms with Gasteiger partial charge in [-0.05, 0) is 30.3 Å². The number of carbonyl (C=O) groups is 1. The smallest absolute Gasteiger partial charge is 0.354 e. The quantitative estimate of drug-likeness (QED) is 0.273. The van der Waals surface area contributed by atoms with Crippen LogP contribution in [0, 0.1) is 0 Å². The Morgan fingerprint density at radius 2 is 1.90 bits per heavy atom. The Morgan fingerprint density at radius 3 is 2.59 bits per heavy atom. The van der Waals surface area contributed by atoms with Crippen molar-refractivity contribution in [1.29, 1.82) is 0 Å². The monoisotopic (exact) mass is 523 g/mol. The van der Waals surface area contributed by atoms with Crippen LogP contribution in [0.1, 0.15) is 23.7 Å². The van der Waals surface area contributed by atoms with Gasteiger partial charge in [0.2, 0.25) is 0 Å². The van der Waals surface area contributed by atoms with E-state index in [-0.39, 0.29) is 5.78 Å². The average Bonchev–Trinajstić information content (AvgIpc) is 3.39. The van der Waals surface area contributed by atoms with Crippen LogP contribution in [0.4, 0.5) is 23.0 Å². The van der Waals surface area contributed by atoms with Crippen LogP contribution in [-0.4, -0.2) is 47.2 Å². The second-order valence-corrected chi connectivity index (χ2v) is 8.45. The summed E-state index contributed by atoms with van der Waals surface area (Å²) in [6, 6.07) is 12.4. The van der Waals surface area contributed by atoms with Crippen LogP contribution in [0.2, 0.25) is 0 Å². The van der Waals surface area contributed by atoms with Crippen LogP contribution >= 0.6 is 0 Å². The van der Waals surface area contributed by atoms with E-state index in [1.54, 1.807) is 74.9 Å². The Labute approximate surface area is 223 Å². The number of para-hydroxylation sites is 1. The van der Waals surface area contributed by atoms with Gasteiger partial charge in [0.05, 0.1) is 41.5 Å². The summed E-state index contributed by atoms with van der Waals surface area (Å²) < 4.78 is 8.70. The molecule has 0 aliphatic heterocycles. The largest absolute Gasteiger partial charge is 0.494 e. The number of anilines is 4. The summed E-state index contributed by atoms with van der Waals surface area (Å²) in [7, 11) is 3.35. The minimum absolute atomic E-state index is 0.0877. The summed E-state index contributed by atoms with van der Waals surface area (Å²) in [6.45, 7) is 1.79. The lowest BCUT2D eigenvalue weighted by molar-refractivity contribution is 0.0988. The predicted molar refractivity (Wildman–Crippen MR) is 146 cm³/mol. The highest BCUT2D eigenvalue weighted by molar-refractivity contribution is 6.02. The SMILES string of the molecule is CCC(=O)c1cnc(Nc2ccn(-c3cccnc3)c(=O)n2)cc1Nc1cccc(-c2ncn(C)n2)c1OC. The minimum atomic E-state index is -0.478. The number of Topliss-reactive ketones (excluding diaryl/α,β-unsaturated/α-hetero) is 1. The molecule has 0 atom stereocenters. The van der Waals surface area contributed by atoms with Crippen molar-refractivity contribution in [3.63, 3.8) is 0 Å². The van der Waals surface area contributed by atoms with Gasteiger partial charge in [0.1, 0.15) is 18.0 Å². The third-order valence-electron chi connectivity index (χ3n) is 5.84. The zero-order valence-corrected chi connectivity index (χ0v) is 21.5. The van der Waals surface area contributed by atoms with Crippen molar-refractivity contribution in [1.82, 2.24) is 34.3 Å². The molecule has 5 rings (SSSR count). The van der Waals surface area contributed by atoms with Crippen molar-refractivity contribution in [2.45, 2.75) is 13.3 Å². The molecule has 196 valence electrons. The number of methoxy groups -OCH3 is 1. The van der Waals surface area contributed by atoms with E-state index in [9.17, 15) is 9.59 Å². The van der Waals surface area contributed by atoms with E-state index in [2.05, 4.69) is 35.7 Å². The molecule has 1 aromatic carbocycles. The third kappa shape index (κ3) is 5.34. The van der Waals surface area contributed by atoms with E-state index < -0.39 is 5.69 Å². The molecule has 0 saturated carbocycles. The molecule has 4 aromatic heterocycles. The van der Waals surface area contributed by atoms with E-state index >= 15 is 0 Å². The number of rotatable bonds is 9. The second-order valence-electron chi connectivity index (χ2n) is 8.45. The Hall–Kier alpha value is -5.39. The van der Waals surface area contributed by atoms with Crippen LogP contribution in [0.3, 0.4) is 0 Å². The summed E-state index contributed by atoms with van der Waals surface area (Å²) in [6.07, 6.45) is 8.20. The fraction of sp³-hybridized carbons (Fsp3) is 0.148. The number of hydrogen-bond donors (Lipinski definition) is 2. The average molecular weight is 524 g/mol. The summed E-state index contributed by atoms with van der Waals surface area (Å²) in [5.74, 6) is 1.62. The third-order valence-corrected chi connectivity index (χ3v) is 5.84. The molecule has 0 saturated heterocycles. The zero-order chi connectivity index (χ0) is 27.4. The molecule has 5 aromatic rings. The van der Waals surface area contributed by atoms with E-state index in [0.717, 1.165) is 0 Å². The summed E-state index contributed by atoms with van der Waals surface area (Å²) in [4.78, 5) is 42.2. The molecular weight excluding hydrogens is 498 g/mol. The van der Waals surface area contributed by atoms with Crippen molar-refractivity contribution in [2.75, 3.05) is 17.7 Å². The highest BCUT2D eigenvalue weighted by Crippen LogP contribution is 2.37. The normalized spacial score (nSPS) is 10.7. The maximum Gasteiger partial charge on any atom is 0.354 e. The van der Waals surface area contributed by atoms with Gasteiger partial charge in [0.25, 0.3) is 0 Å². The van der Waals surface area contributed by atoms with E-state index in [1.807, 2.05) is 18.2 Å². The van der Waals surface area contributed by atoms with Crippen LogP contribution in [-0.2, 0) is 7.05 Å². The van der Waals surface area contributed by atoms with Crippen molar-refractivity contribution in [2.24, 2.45) is 7.05 Å². The molecule has 0 radical (unpaired) electrons. The van der Waals surface area contributed by atoms with E-state index in [4.69, 9.17) is 4.74 Å². The first-order valence-electron chi connectivity index (χ1n) is 12.1. The van der Waals surface area contributed by atoms with Gasteiger partial charge >= 0.3 is 5.69 Å². The zero-order valence-electron chi connectivity index (χ0n) is 21.5. The van der Waals surface area contributed by atoms with Gasteiger partial charge in [0, 0.05) is 38.1 Å². The Balaban J connectivity index is 1.48. The van der Waals surface area contributed by atoms with Gasteiger partial charge in [-0.2, -0.15) is 10.1 Å². The molecule has 0 spiro atoms. The van der Waals surface area contributed by atoms with Gasteiger partial charge in [-0.1, -0.05) is 13.0 Å². The Bertz CT molecular complexity index is 1700. The number of hydrogen-bond acceptors (Lipinski definition) is 10. The molecule has 4 heterocycles. The van der Waals surface area contributed by atoms with Crippen LogP contribution < -0.4 is 21.1 Å². The molecule has 0 bridgehead atoms. The molecule has 12 nitrogen and oxygen atoms in total. The van der Waals surface area contributed by atoms with Crippen LogP contribution in [0.25, 0.3) is 17.1 Å². The Kier molecular flexibility index (Phi) is 7.08. The number of pyridine rings is 2. The van der Waals surface area contributed by atoms with Gasteiger partial charge in [-0.15, -0.1) is 0 Å². The molecular formula is C27H25N9O3. The number of ketones is 1. The van der Waals surface area contributed by atoms with E-state index in [0.29, 0.717) is 57.8 Å². The molecule has 0 amide bonds. The fourth-order valence-corrected chi connectivity index (χ4v) is 3.98. The van der Waals surface area contributed by atoms with Crippen molar-refractivity contribution in [3.8, 4) is 22.8 Å². The first-order chi connectivity index (χ1) is 19.0. The lowest BCUT2D eigenvalue weighted by atomic mass is 10.1. The number of aryl methyl sites for hydroxylation is 1. The fourth-order valence-electron chi connectivity index (χ4n) is 3.98. The molecule has 0 unspecified atom stereocenters. The maximum absolute atomic E-state index is 12.7. The molecule has 0 fully saturated rings. The van der Waals surface area contributed by atoms with Crippen LogP contribution in [0.5, 0.6) is 5.75 Å². The summed E-state index contributed by atoms with van der Waals surface area (Å²) in [5.41, 5.74) is 2.34. The number of aromatic nitrogens is 7. The molecule has 12 heteroatoms. The highest BCUT2D eigenvalue weighted by atomic mass is 16.5. The number of nitrogens with zero attached hydrogens (tertiary/aromatic N) is 7. The first kappa shape index (κ1) is 25.3. The number of ether oxygens (including phenoxy) is 1.